The molecule has 3 aromatic rings. The van der Waals surface area contributed by atoms with E-state index in [1.165, 1.54) is 16.4 Å². The summed E-state index contributed by atoms with van der Waals surface area (Å²) in [5, 5.41) is 3.33. The summed E-state index contributed by atoms with van der Waals surface area (Å²) in [6.07, 6.45) is 1.75. The first-order chi connectivity index (χ1) is 15.8. The number of aromatic amines is 1. The second-order valence-corrected chi connectivity index (χ2v) is 10.2. The van der Waals surface area contributed by atoms with Crippen molar-refractivity contribution in [2.24, 2.45) is 0 Å². The number of carbonyl (C=O) groups is 1. The monoisotopic (exact) mass is 469 g/mol. The normalized spacial score (nSPS) is 15.7. The van der Waals surface area contributed by atoms with Crippen LogP contribution in [0.5, 0.6) is 0 Å². The summed E-state index contributed by atoms with van der Waals surface area (Å²) in [5.41, 5.74) is 0.897. The van der Waals surface area contributed by atoms with Crippen LogP contribution in [0.2, 0.25) is 0 Å². The van der Waals surface area contributed by atoms with Crippen LogP contribution in [0.25, 0.3) is 10.9 Å². The maximum Gasteiger partial charge on any atom is 0.258 e. The summed E-state index contributed by atoms with van der Waals surface area (Å²) < 4.78 is 26.8. The molecular formula is C23H27N5O4S. The van der Waals surface area contributed by atoms with E-state index in [1.54, 1.807) is 49.2 Å². The fourth-order valence-electron chi connectivity index (χ4n) is 3.82. The number of para-hydroxylation sites is 1. The van der Waals surface area contributed by atoms with Gasteiger partial charge < -0.3 is 10.3 Å². The number of nitrogens with zero attached hydrogens (tertiary/aromatic N) is 3. The van der Waals surface area contributed by atoms with Crippen LogP contribution in [0.1, 0.15) is 25.6 Å². The number of anilines is 1. The molecule has 9 nitrogen and oxygen atoms in total. The highest BCUT2D eigenvalue weighted by molar-refractivity contribution is 7.89. The third kappa shape index (κ3) is 4.97. The molecular weight excluding hydrogens is 442 g/mol. The van der Waals surface area contributed by atoms with Gasteiger partial charge in [-0.1, -0.05) is 12.1 Å². The van der Waals surface area contributed by atoms with Gasteiger partial charge >= 0.3 is 0 Å². The second kappa shape index (κ2) is 9.42. The molecule has 1 fully saturated rings. The van der Waals surface area contributed by atoms with Crippen LogP contribution in [0, 0.1) is 0 Å². The van der Waals surface area contributed by atoms with Crippen LogP contribution < -0.4 is 10.9 Å². The molecule has 1 aliphatic heterocycles. The maximum atomic E-state index is 12.7. The molecule has 10 heteroatoms. The van der Waals surface area contributed by atoms with Crippen molar-refractivity contribution in [1.29, 1.82) is 0 Å². The molecule has 0 radical (unpaired) electrons. The lowest BCUT2D eigenvalue weighted by Gasteiger charge is -2.23. The third-order valence-corrected chi connectivity index (χ3v) is 7.84. The molecule has 1 aliphatic rings. The Morgan fingerprint density at radius 3 is 2.52 bits per heavy atom. The molecule has 2 aromatic carbocycles. The number of benzene rings is 2. The molecule has 0 bridgehead atoms. The lowest BCUT2D eigenvalue weighted by molar-refractivity contribution is -0.120. The van der Waals surface area contributed by atoms with Crippen molar-refractivity contribution >= 4 is 32.5 Å². The van der Waals surface area contributed by atoms with Crippen LogP contribution in [-0.2, 0) is 21.4 Å². The van der Waals surface area contributed by atoms with Gasteiger partial charge in [-0.2, -0.15) is 4.31 Å². The quantitative estimate of drug-likeness (QED) is 0.548. The van der Waals surface area contributed by atoms with Gasteiger partial charge in [-0.05, 0) is 63.2 Å². The molecule has 2 N–H and O–H groups in total. The topological polar surface area (TPSA) is 115 Å². The molecule has 1 saturated heterocycles. The minimum Gasteiger partial charge on any atom is -0.325 e. The number of aromatic nitrogens is 2. The predicted molar refractivity (Wildman–Crippen MR) is 126 cm³/mol. The van der Waals surface area contributed by atoms with Crippen molar-refractivity contribution < 1.29 is 13.2 Å². The van der Waals surface area contributed by atoms with E-state index < -0.39 is 16.1 Å². The minimum absolute atomic E-state index is 0.218. The Hall–Kier alpha value is -3.08. The Labute approximate surface area is 192 Å². The van der Waals surface area contributed by atoms with Crippen LogP contribution >= 0.6 is 0 Å². The zero-order chi connectivity index (χ0) is 23.6. The molecule has 0 spiro atoms. The fraction of sp³-hybridized carbons (Fsp3) is 0.348. The van der Waals surface area contributed by atoms with E-state index >= 15 is 0 Å². The Balaban J connectivity index is 1.40. The highest BCUT2D eigenvalue weighted by Gasteiger charge is 2.27. The van der Waals surface area contributed by atoms with Crippen LogP contribution in [0.4, 0.5) is 5.69 Å². The minimum atomic E-state index is -3.49. The number of H-pyrrole nitrogens is 1. The number of hydrogen-bond acceptors (Lipinski definition) is 6. The Bertz CT molecular complexity index is 1310. The predicted octanol–water partition coefficient (Wildman–Crippen LogP) is 2.17. The van der Waals surface area contributed by atoms with Gasteiger partial charge in [0.1, 0.15) is 5.82 Å². The van der Waals surface area contributed by atoms with Crippen molar-refractivity contribution in [2.75, 3.05) is 25.5 Å². The van der Waals surface area contributed by atoms with Gasteiger partial charge in [0.15, 0.2) is 0 Å². The van der Waals surface area contributed by atoms with Crippen LogP contribution in [-0.4, -0.2) is 59.7 Å². The van der Waals surface area contributed by atoms with Crippen molar-refractivity contribution in [3.8, 4) is 0 Å². The largest absolute Gasteiger partial charge is 0.325 e. The molecule has 1 aromatic heterocycles. The lowest BCUT2D eigenvalue weighted by atomic mass is 10.2. The van der Waals surface area contributed by atoms with E-state index in [0.29, 0.717) is 35.5 Å². The average molecular weight is 470 g/mol. The second-order valence-electron chi connectivity index (χ2n) is 8.25. The molecule has 4 rings (SSSR count). The number of carbonyl (C=O) groups excluding carboxylic acids is 1. The van der Waals surface area contributed by atoms with Gasteiger partial charge in [0.05, 0.1) is 28.4 Å². The summed E-state index contributed by atoms with van der Waals surface area (Å²) >= 11 is 0. The van der Waals surface area contributed by atoms with Gasteiger partial charge in [0.25, 0.3) is 5.56 Å². The summed E-state index contributed by atoms with van der Waals surface area (Å²) in [6, 6.07) is 12.8. The molecule has 0 saturated carbocycles. The number of hydrogen-bond donors (Lipinski definition) is 2. The summed E-state index contributed by atoms with van der Waals surface area (Å²) in [6.45, 7) is 3.12. The van der Waals surface area contributed by atoms with Gasteiger partial charge in [-0.3, -0.25) is 14.5 Å². The molecule has 33 heavy (non-hydrogen) atoms. The molecule has 0 aliphatic carbocycles. The molecule has 2 heterocycles. The van der Waals surface area contributed by atoms with Crippen molar-refractivity contribution in [1.82, 2.24) is 19.2 Å². The summed E-state index contributed by atoms with van der Waals surface area (Å²) in [5.74, 6) is 0.216. The van der Waals surface area contributed by atoms with E-state index in [0.717, 1.165) is 12.8 Å². The zero-order valence-corrected chi connectivity index (χ0v) is 19.4. The van der Waals surface area contributed by atoms with E-state index in [1.807, 2.05) is 6.07 Å². The van der Waals surface area contributed by atoms with Gasteiger partial charge in [-0.25, -0.2) is 13.4 Å². The molecule has 1 atom stereocenters. The van der Waals surface area contributed by atoms with Crippen molar-refractivity contribution in [3.63, 3.8) is 0 Å². The molecule has 1 unspecified atom stereocenters. The van der Waals surface area contributed by atoms with Crippen molar-refractivity contribution in [3.05, 3.63) is 64.7 Å². The fourth-order valence-corrected chi connectivity index (χ4v) is 5.33. The van der Waals surface area contributed by atoms with Crippen LogP contribution in [0.15, 0.2) is 58.2 Å². The zero-order valence-electron chi connectivity index (χ0n) is 18.6. The summed E-state index contributed by atoms with van der Waals surface area (Å²) in [7, 11) is -1.72. The SMILES string of the molecule is CC(C(=O)Nc1ccc(S(=O)(=O)N2CCCC2)cc1)N(C)Cc1nc2ccccc2c(=O)[nH]1. The number of sulfonamides is 1. The van der Waals surface area contributed by atoms with Gasteiger partial charge in [0, 0.05) is 18.8 Å². The number of likely N-dealkylation sites (N-methyl/N-ethyl adjacent to an activating group) is 1. The standard InChI is InChI=1S/C23H27N5O4S/c1-16(27(2)15-21-25-20-8-4-3-7-19(20)23(30)26-21)22(29)24-17-9-11-18(12-10-17)33(31,32)28-13-5-6-14-28/h3-4,7-12,16H,5-6,13-15H2,1-2H3,(H,24,29)(H,25,26,30). The first kappa shape index (κ1) is 23.1. The maximum absolute atomic E-state index is 12.7. The molecule has 1 amide bonds. The number of fused-ring (bicyclic) bond motifs is 1. The van der Waals surface area contributed by atoms with E-state index in [-0.39, 0.29) is 22.9 Å². The first-order valence-electron chi connectivity index (χ1n) is 10.8. The van der Waals surface area contributed by atoms with E-state index in [2.05, 4.69) is 15.3 Å². The van der Waals surface area contributed by atoms with Crippen LogP contribution in [0.3, 0.4) is 0 Å². The Morgan fingerprint density at radius 1 is 1.15 bits per heavy atom. The van der Waals surface area contributed by atoms with Crippen molar-refractivity contribution in [2.45, 2.75) is 37.2 Å². The number of nitrogens with one attached hydrogen (secondary N) is 2. The highest BCUT2D eigenvalue weighted by Crippen LogP contribution is 2.22. The number of rotatable bonds is 7. The highest BCUT2D eigenvalue weighted by atomic mass is 32.2. The Kier molecular flexibility index (Phi) is 6.59. The van der Waals surface area contributed by atoms with Gasteiger partial charge in [0.2, 0.25) is 15.9 Å². The van der Waals surface area contributed by atoms with E-state index in [4.69, 9.17) is 0 Å². The Morgan fingerprint density at radius 2 is 1.82 bits per heavy atom. The summed E-state index contributed by atoms with van der Waals surface area (Å²) in [4.78, 5) is 34.2. The smallest absolute Gasteiger partial charge is 0.258 e. The van der Waals surface area contributed by atoms with Gasteiger partial charge in [-0.15, -0.1) is 0 Å². The lowest BCUT2D eigenvalue weighted by Crippen LogP contribution is -2.39. The third-order valence-electron chi connectivity index (χ3n) is 5.93. The molecule has 174 valence electrons. The number of amides is 1. The van der Waals surface area contributed by atoms with E-state index in [9.17, 15) is 18.0 Å². The first-order valence-corrected chi connectivity index (χ1v) is 12.3. The average Bonchev–Trinajstić information content (AvgIpc) is 3.35.